The van der Waals surface area contributed by atoms with E-state index in [1.54, 1.807) is 11.8 Å². The third-order valence-corrected chi connectivity index (χ3v) is 2.45. The molecular weight excluding hydrogens is 216 g/mol. The summed E-state index contributed by atoms with van der Waals surface area (Å²) in [6.07, 6.45) is 0. The number of nitrogens with zero attached hydrogens (tertiary/aromatic N) is 4. The van der Waals surface area contributed by atoms with E-state index in [9.17, 15) is 0 Å². The van der Waals surface area contributed by atoms with Gasteiger partial charge in [-0.1, -0.05) is 12.1 Å². The lowest BCUT2D eigenvalue weighted by atomic mass is 10.1. The largest absolute Gasteiger partial charge is 0.496 e. The Kier molecular flexibility index (Phi) is 2.83. The second kappa shape index (κ2) is 4.16. The molecule has 0 aliphatic heterocycles. The van der Waals surface area contributed by atoms with Gasteiger partial charge in [0.2, 0.25) is 0 Å². The maximum Gasteiger partial charge on any atom is 0.186 e. The van der Waals surface area contributed by atoms with Gasteiger partial charge in [-0.25, -0.2) is 4.68 Å². The van der Waals surface area contributed by atoms with Crippen molar-refractivity contribution in [1.29, 1.82) is 0 Å². The van der Waals surface area contributed by atoms with E-state index in [1.165, 1.54) is 0 Å². The zero-order valence-electron chi connectivity index (χ0n) is 10.5. The molecule has 17 heavy (non-hydrogen) atoms. The Bertz CT molecular complexity index is 513. The first kappa shape index (κ1) is 11.6. The van der Waals surface area contributed by atoms with Crippen LogP contribution in [0.2, 0.25) is 0 Å². The van der Waals surface area contributed by atoms with Crippen LogP contribution < -0.4 is 4.74 Å². The zero-order chi connectivity index (χ0) is 12.5. The second-order valence-electron chi connectivity index (χ2n) is 4.79. The van der Waals surface area contributed by atoms with Gasteiger partial charge in [-0.05, 0) is 43.3 Å². The molecule has 0 atom stereocenters. The highest BCUT2D eigenvalue weighted by atomic mass is 16.5. The fourth-order valence-corrected chi connectivity index (χ4v) is 1.64. The van der Waals surface area contributed by atoms with E-state index in [-0.39, 0.29) is 5.54 Å². The molecule has 5 nitrogen and oxygen atoms in total. The van der Waals surface area contributed by atoms with Crippen molar-refractivity contribution in [2.24, 2.45) is 0 Å². The van der Waals surface area contributed by atoms with Gasteiger partial charge in [0, 0.05) is 0 Å². The Labute approximate surface area is 100 Å². The molecule has 0 saturated heterocycles. The van der Waals surface area contributed by atoms with Gasteiger partial charge in [-0.15, -0.1) is 5.10 Å². The van der Waals surface area contributed by atoms with Crippen LogP contribution in [0.4, 0.5) is 0 Å². The van der Waals surface area contributed by atoms with Crippen molar-refractivity contribution in [1.82, 2.24) is 20.2 Å². The summed E-state index contributed by atoms with van der Waals surface area (Å²) in [5.74, 6) is 1.49. The molecule has 0 amide bonds. The lowest BCUT2D eigenvalue weighted by Crippen LogP contribution is -2.24. The van der Waals surface area contributed by atoms with Gasteiger partial charge in [0.25, 0.3) is 0 Å². The zero-order valence-corrected chi connectivity index (χ0v) is 10.5. The summed E-state index contributed by atoms with van der Waals surface area (Å²) in [4.78, 5) is 0. The lowest BCUT2D eigenvalue weighted by Gasteiger charge is -2.20. The van der Waals surface area contributed by atoms with Crippen LogP contribution in [0.3, 0.4) is 0 Å². The summed E-state index contributed by atoms with van der Waals surface area (Å²) in [5, 5.41) is 11.9. The highest BCUT2D eigenvalue weighted by molar-refractivity contribution is 5.63. The Morgan fingerprint density at radius 1 is 1.18 bits per heavy atom. The van der Waals surface area contributed by atoms with E-state index >= 15 is 0 Å². The highest BCUT2D eigenvalue weighted by Gasteiger charge is 2.22. The Balaban J connectivity index is 2.58. The topological polar surface area (TPSA) is 52.8 Å². The molecule has 2 rings (SSSR count). The van der Waals surface area contributed by atoms with Gasteiger partial charge in [0.15, 0.2) is 5.82 Å². The van der Waals surface area contributed by atoms with Crippen LogP contribution >= 0.6 is 0 Å². The van der Waals surface area contributed by atoms with E-state index in [2.05, 4.69) is 36.3 Å². The van der Waals surface area contributed by atoms with Crippen molar-refractivity contribution in [2.45, 2.75) is 26.3 Å². The fraction of sp³-hybridized carbons (Fsp3) is 0.417. The average Bonchev–Trinajstić information content (AvgIpc) is 2.77. The first-order chi connectivity index (χ1) is 8.04. The molecule has 1 aromatic carbocycles. The number of para-hydroxylation sites is 1. The molecule has 1 heterocycles. The van der Waals surface area contributed by atoms with E-state index in [1.807, 2.05) is 24.3 Å². The predicted octanol–water partition coefficient (Wildman–Crippen LogP) is 2.10. The molecule has 90 valence electrons. The summed E-state index contributed by atoms with van der Waals surface area (Å²) in [5.41, 5.74) is 0.731. The van der Waals surface area contributed by atoms with Gasteiger partial charge in [-0.2, -0.15) is 0 Å². The monoisotopic (exact) mass is 232 g/mol. The van der Waals surface area contributed by atoms with Crippen molar-refractivity contribution >= 4 is 0 Å². The minimum absolute atomic E-state index is 0.167. The first-order valence-electron chi connectivity index (χ1n) is 5.46. The number of ether oxygens (including phenoxy) is 1. The van der Waals surface area contributed by atoms with Crippen molar-refractivity contribution in [3.8, 4) is 17.1 Å². The third kappa shape index (κ3) is 2.13. The minimum Gasteiger partial charge on any atom is -0.496 e. The molecular formula is C12H16N4O. The summed E-state index contributed by atoms with van der Waals surface area (Å²) in [6.45, 7) is 6.17. The van der Waals surface area contributed by atoms with E-state index in [0.29, 0.717) is 0 Å². The SMILES string of the molecule is COc1ccccc1-c1nnnn1C(C)(C)C. The normalized spacial score (nSPS) is 11.5. The Morgan fingerprint density at radius 2 is 1.88 bits per heavy atom. The standard InChI is InChI=1S/C12H16N4O/c1-12(2,3)16-11(13-14-15-16)9-7-5-6-8-10(9)17-4/h5-8H,1-4H3. The van der Waals surface area contributed by atoms with Gasteiger partial charge in [0.1, 0.15) is 5.75 Å². The van der Waals surface area contributed by atoms with Crippen molar-refractivity contribution in [3.05, 3.63) is 24.3 Å². The lowest BCUT2D eigenvalue weighted by molar-refractivity contribution is 0.350. The molecule has 5 heteroatoms. The molecule has 0 bridgehead atoms. The van der Waals surface area contributed by atoms with Crippen LogP contribution in [0.1, 0.15) is 20.8 Å². The maximum absolute atomic E-state index is 5.33. The predicted molar refractivity (Wildman–Crippen MR) is 64.8 cm³/mol. The Morgan fingerprint density at radius 3 is 2.53 bits per heavy atom. The van der Waals surface area contributed by atoms with Crippen molar-refractivity contribution in [3.63, 3.8) is 0 Å². The van der Waals surface area contributed by atoms with E-state index < -0.39 is 0 Å². The maximum atomic E-state index is 5.33. The van der Waals surface area contributed by atoms with Gasteiger partial charge in [0.05, 0.1) is 18.2 Å². The molecule has 1 aromatic heterocycles. The molecule has 0 radical (unpaired) electrons. The number of tetrazole rings is 1. The van der Waals surface area contributed by atoms with Crippen LogP contribution in [0.25, 0.3) is 11.4 Å². The molecule has 0 saturated carbocycles. The fourth-order valence-electron chi connectivity index (χ4n) is 1.64. The van der Waals surface area contributed by atoms with Gasteiger partial charge in [-0.3, -0.25) is 0 Å². The summed E-state index contributed by atoms with van der Waals surface area (Å²) < 4.78 is 7.12. The summed E-state index contributed by atoms with van der Waals surface area (Å²) in [7, 11) is 1.64. The third-order valence-electron chi connectivity index (χ3n) is 2.45. The number of hydrogen-bond acceptors (Lipinski definition) is 4. The molecule has 0 fully saturated rings. The second-order valence-corrected chi connectivity index (χ2v) is 4.79. The molecule has 0 aliphatic carbocycles. The molecule has 0 unspecified atom stereocenters. The summed E-state index contributed by atoms with van der Waals surface area (Å²) in [6, 6.07) is 7.72. The number of methoxy groups -OCH3 is 1. The minimum atomic E-state index is -0.167. The van der Waals surface area contributed by atoms with Crippen LogP contribution in [-0.2, 0) is 5.54 Å². The first-order valence-corrected chi connectivity index (χ1v) is 5.46. The van der Waals surface area contributed by atoms with Crippen LogP contribution in [-0.4, -0.2) is 27.3 Å². The molecule has 0 aliphatic rings. The van der Waals surface area contributed by atoms with Gasteiger partial charge < -0.3 is 4.74 Å². The van der Waals surface area contributed by atoms with Gasteiger partial charge >= 0.3 is 0 Å². The average molecular weight is 232 g/mol. The number of rotatable bonds is 2. The van der Waals surface area contributed by atoms with Crippen LogP contribution in [0.5, 0.6) is 5.75 Å². The smallest absolute Gasteiger partial charge is 0.186 e. The van der Waals surface area contributed by atoms with E-state index in [4.69, 9.17) is 4.74 Å². The number of aromatic nitrogens is 4. The van der Waals surface area contributed by atoms with E-state index in [0.717, 1.165) is 17.1 Å². The van der Waals surface area contributed by atoms with Crippen molar-refractivity contribution in [2.75, 3.05) is 7.11 Å². The van der Waals surface area contributed by atoms with Crippen molar-refractivity contribution < 1.29 is 4.74 Å². The molecule has 2 aromatic rings. The number of hydrogen-bond donors (Lipinski definition) is 0. The Hall–Kier alpha value is -1.91. The number of benzene rings is 1. The van der Waals surface area contributed by atoms with Crippen LogP contribution in [0.15, 0.2) is 24.3 Å². The quantitative estimate of drug-likeness (QED) is 0.795. The highest BCUT2D eigenvalue weighted by Crippen LogP contribution is 2.29. The molecule has 0 spiro atoms. The van der Waals surface area contributed by atoms with Crippen LogP contribution in [0, 0.1) is 0 Å². The molecule has 0 N–H and O–H groups in total. The summed E-state index contributed by atoms with van der Waals surface area (Å²) >= 11 is 0.